The fourth-order valence-electron chi connectivity index (χ4n) is 2.80. The summed E-state index contributed by atoms with van der Waals surface area (Å²) in [4.78, 5) is 13.5. The van der Waals surface area contributed by atoms with Crippen LogP contribution in [0.5, 0.6) is 0 Å². The Morgan fingerprint density at radius 2 is 1.58 bits per heavy atom. The topological polar surface area (TPSA) is 53.1 Å². The smallest absolute Gasteiger partial charge is 0.328 e. The van der Waals surface area contributed by atoms with Gasteiger partial charge in [-0.15, -0.1) is 0 Å². The van der Waals surface area contributed by atoms with Crippen LogP contribution in [0.15, 0.2) is 85.5 Å². The van der Waals surface area contributed by atoms with Gasteiger partial charge in [-0.25, -0.2) is 4.79 Å². The molecule has 1 aromatic heterocycles. The van der Waals surface area contributed by atoms with Crippen LogP contribution in [0.4, 0.5) is 0 Å². The van der Waals surface area contributed by atoms with Gasteiger partial charge in [-0.05, 0) is 23.3 Å². The molecule has 0 atom stereocenters. The Morgan fingerprint density at radius 1 is 0.885 bits per heavy atom. The maximum Gasteiger partial charge on any atom is 0.328 e. The van der Waals surface area contributed by atoms with Crippen molar-refractivity contribution in [3.63, 3.8) is 0 Å². The Hall–Kier alpha value is -3.59. The molecule has 0 radical (unpaired) electrons. The number of fused-ring (bicyclic) bond motifs is 3. The zero-order valence-corrected chi connectivity index (χ0v) is 14.2. The summed E-state index contributed by atoms with van der Waals surface area (Å²) in [6, 6.07) is 23.9. The van der Waals surface area contributed by atoms with Crippen molar-refractivity contribution in [1.82, 2.24) is 4.98 Å². The second-order valence-corrected chi connectivity index (χ2v) is 5.73. The molecule has 0 amide bonds. The third-order valence-corrected chi connectivity index (χ3v) is 4.01. The number of hydrogen-bond donors (Lipinski definition) is 2. The molecule has 3 heteroatoms. The number of aromatic nitrogens is 1. The van der Waals surface area contributed by atoms with E-state index in [2.05, 4.69) is 48.0 Å². The molecular weight excluding hydrogens is 322 g/mol. The summed E-state index contributed by atoms with van der Waals surface area (Å²) in [5, 5.41) is 10.8. The summed E-state index contributed by atoms with van der Waals surface area (Å²) >= 11 is 0. The van der Waals surface area contributed by atoms with Crippen LogP contribution in [0.2, 0.25) is 0 Å². The first-order valence-electron chi connectivity index (χ1n) is 8.27. The number of hydrogen-bond acceptors (Lipinski definition) is 1. The third kappa shape index (κ3) is 3.90. The Kier molecular flexibility index (Phi) is 5.30. The molecule has 0 fully saturated rings. The minimum absolute atomic E-state index is 0.898. The van der Waals surface area contributed by atoms with Crippen molar-refractivity contribution in [2.75, 3.05) is 0 Å². The van der Waals surface area contributed by atoms with E-state index in [9.17, 15) is 4.79 Å². The number of aromatic amines is 1. The fraction of sp³-hybridized carbons (Fsp3) is 0. The van der Waals surface area contributed by atoms with E-state index in [1.165, 1.54) is 21.8 Å². The van der Waals surface area contributed by atoms with E-state index < -0.39 is 5.97 Å². The molecule has 128 valence electrons. The zero-order valence-electron chi connectivity index (χ0n) is 14.2. The molecule has 3 aromatic carbocycles. The van der Waals surface area contributed by atoms with Crippen LogP contribution < -0.4 is 0 Å². The lowest BCUT2D eigenvalue weighted by molar-refractivity contribution is -0.131. The summed E-state index contributed by atoms with van der Waals surface area (Å²) in [6.07, 6.45) is 4.56. The molecular formula is C23H19NO2. The first-order valence-corrected chi connectivity index (χ1v) is 8.27. The number of aliphatic carboxylic acids is 1. The van der Waals surface area contributed by atoms with Crippen molar-refractivity contribution in [3.05, 3.63) is 96.6 Å². The average molecular weight is 341 g/mol. The van der Waals surface area contributed by atoms with Gasteiger partial charge in [-0.2, -0.15) is 0 Å². The van der Waals surface area contributed by atoms with Gasteiger partial charge in [-0.1, -0.05) is 79.4 Å². The monoisotopic (exact) mass is 341 g/mol. The predicted molar refractivity (Wildman–Crippen MR) is 109 cm³/mol. The van der Waals surface area contributed by atoms with Crippen molar-refractivity contribution in [2.45, 2.75) is 0 Å². The van der Waals surface area contributed by atoms with Crippen LogP contribution in [0.1, 0.15) is 11.1 Å². The van der Waals surface area contributed by atoms with Crippen LogP contribution in [0, 0.1) is 0 Å². The van der Waals surface area contributed by atoms with Crippen LogP contribution in [0.3, 0.4) is 0 Å². The van der Waals surface area contributed by atoms with Gasteiger partial charge in [0.2, 0.25) is 0 Å². The van der Waals surface area contributed by atoms with Crippen molar-refractivity contribution in [2.24, 2.45) is 0 Å². The van der Waals surface area contributed by atoms with E-state index in [-0.39, 0.29) is 0 Å². The Labute approximate surface area is 151 Å². The Morgan fingerprint density at radius 3 is 2.31 bits per heavy atom. The number of carbonyl (C=O) groups is 1. The molecule has 2 N–H and O–H groups in total. The number of nitrogens with one attached hydrogen (secondary N) is 1. The number of para-hydroxylation sites is 2. The normalized spacial score (nSPS) is 10.6. The molecule has 0 saturated carbocycles. The van der Waals surface area contributed by atoms with Crippen molar-refractivity contribution in [1.29, 1.82) is 0 Å². The van der Waals surface area contributed by atoms with E-state index in [4.69, 9.17) is 5.11 Å². The van der Waals surface area contributed by atoms with E-state index >= 15 is 0 Å². The second-order valence-electron chi connectivity index (χ2n) is 5.73. The Bertz CT molecular complexity index is 1080. The first kappa shape index (κ1) is 17.2. The molecule has 0 aliphatic rings. The van der Waals surface area contributed by atoms with E-state index in [1.807, 2.05) is 42.5 Å². The number of benzene rings is 3. The SMILES string of the molecule is C=Cc1cccc2c1[nH]c1ccccc12.O=C(O)C=Cc1ccccc1. The highest BCUT2D eigenvalue weighted by Crippen LogP contribution is 2.27. The number of rotatable bonds is 3. The summed E-state index contributed by atoms with van der Waals surface area (Å²) < 4.78 is 0. The van der Waals surface area contributed by atoms with Gasteiger partial charge in [0.05, 0.1) is 5.52 Å². The van der Waals surface area contributed by atoms with Gasteiger partial charge in [0.1, 0.15) is 0 Å². The number of carboxylic acids is 1. The molecule has 0 bridgehead atoms. The van der Waals surface area contributed by atoms with Crippen LogP contribution in [-0.2, 0) is 4.79 Å². The van der Waals surface area contributed by atoms with Gasteiger partial charge in [0.15, 0.2) is 0 Å². The number of H-pyrrole nitrogens is 1. The van der Waals surface area contributed by atoms with Crippen LogP contribution >= 0.6 is 0 Å². The van der Waals surface area contributed by atoms with Crippen molar-refractivity contribution < 1.29 is 9.90 Å². The molecule has 0 spiro atoms. The second kappa shape index (κ2) is 7.99. The molecule has 0 aliphatic carbocycles. The van der Waals surface area contributed by atoms with E-state index in [1.54, 1.807) is 6.08 Å². The van der Waals surface area contributed by atoms with Gasteiger partial charge in [0.25, 0.3) is 0 Å². The van der Waals surface area contributed by atoms with Gasteiger partial charge in [-0.3, -0.25) is 0 Å². The van der Waals surface area contributed by atoms with E-state index in [0.717, 1.165) is 17.2 Å². The Balaban J connectivity index is 0.000000160. The molecule has 4 aromatic rings. The van der Waals surface area contributed by atoms with Crippen LogP contribution in [-0.4, -0.2) is 16.1 Å². The summed E-state index contributed by atoms with van der Waals surface area (Å²) in [7, 11) is 0. The van der Waals surface area contributed by atoms with Gasteiger partial charge >= 0.3 is 5.97 Å². The van der Waals surface area contributed by atoms with Crippen molar-refractivity contribution >= 4 is 39.9 Å². The van der Waals surface area contributed by atoms with E-state index in [0.29, 0.717) is 0 Å². The summed E-state index contributed by atoms with van der Waals surface area (Å²) in [5.41, 5.74) is 4.41. The van der Waals surface area contributed by atoms with Crippen LogP contribution in [0.25, 0.3) is 34.0 Å². The highest BCUT2D eigenvalue weighted by Gasteiger charge is 2.04. The van der Waals surface area contributed by atoms with Gasteiger partial charge < -0.3 is 10.1 Å². The zero-order chi connectivity index (χ0) is 18.4. The lowest BCUT2D eigenvalue weighted by Gasteiger charge is -1.94. The lowest BCUT2D eigenvalue weighted by atomic mass is 10.1. The largest absolute Gasteiger partial charge is 0.478 e. The summed E-state index contributed by atoms with van der Waals surface area (Å²) in [6.45, 7) is 3.83. The molecule has 3 nitrogen and oxygen atoms in total. The maximum absolute atomic E-state index is 10.1. The molecule has 0 aliphatic heterocycles. The molecule has 0 saturated heterocycles. The molecule has 4 rings (SSSR count). The van der Waals surface area contributed by atoms with Gasteiger partial charge in [0, 0.05) is 22.4 Å². The average Bonchev–Trinajstić information content (AvgIpc) is 3.06. The molecule has 0 unspecified atom stereocenters. The molecule has 26 heavy (non-hydrogen) atoms. The van der Waals surface area contributed by atoms with Crippen molar-refractivity contribution in [3.8, 4) is 0 Å². The lowest BCUT2D eigenvalue weighted by Crippen LogP contribution is -1.85. The minimum Gasteiger partial charge on any atom is -0.478 e. The fourth-order valence-corrected chi connectivity index (χ4v) is 2.80. The maximum atomic E-state index is 10.1. The summed E-state index contributed by atoms with van der Waals surface area (Å²) in [5.74, 6) is -0.922. The highest BCUT2D eigenvalue weighted by atomic mass is 16.4. The molecule has 1 heterocycles. The first-order chi connectivity index (χ1) is 12.7. The predicted octanol–water partition coefficient (Wildman–Crippen LogP) is 5.75. The third-order valence-electron chi connectivity index (χ3n) is 4.01. The number of carboxylic acid groups (broad SMARTS) is 1. The minimum atomic E-state index is -0.922. The standard InChI is InChI=1S/C14H11N.C9H8O2/c1-2-10-6-5-8-12-11-7-3-4-9-13(11)15-14(10)12;10-9(11)7-6-8-4-2-1-3-5-8/h2-9,15H,1H2;1-7H,(H,10,11). The quantitative estimate of drug-likeness (QED) is 0.466. The highest BCUT2D eigenvalue weighted by molar-refractivity contribution is 6.09.